The zero-order valence-corrected chi connectivity index (χ0v) is 15.7. The summed E-state index contributed by atoms with van der Waals surface area (Å²) >= 11 is 0. The van der Waals surface area contributed by atoms with Gasteiger partial charge in [-0.05, 0) is 26.3 Å². The van der Waals surface area contributed by atoms with Gasteiger partial charge < -0.3 is 15.5 Å². The third-order valence-electron chi connectivity index (χ3n) is 4.66. The Balaban J connectivity index is 1.76. The van der Waals surface area contributed by atoms with E-state index in [-0.39, 0.29) is 17.8 Å². The summed E-state index contributed by atoms with van der Waals surface area (Å²) in [6.07, 6.45) is 3.58. The van der Waals surface area contributed by atoms with Crippen LogP contribution in [0.15, 0.2) is 12.3 Å². The van der Waals surface area contributed by atoms with Crippen molar-refractivity contribution >= 4 is 17.5 Å². The zero-order chi connectivity index (χ0) is 18.7. The molecular formula is C18H25N7O. The summed E-state index contributed by atoms with van der Waals surface area (Å²) in [5.74, 6) is 2.46. The molecule has 26 heavy (non-hydrogen) atoms. The second-order valence-corrected chi connectivity index (χ2v) is 6.45. The van der Waals surface area contributed by atoms with Gasteiger partial charge in [0.05, 0.1) is 0 Å². The SMILES string of the molecule is CCc1nccc(N[C@@H]2CCN(c3nc(C(=O)NC)nc(C)c3C)C2)n1. The summed E-state index contributed by atoms with van der Waals surface area (Å²) in [7, 11) is 1.59. The number of aromatic nitrogens is 4. The minimum atomic E-state index is -0.267. The van der Waals surface area contributed by atoms with Crippen LogP contribution in [0.1, 0.15) is 41.0 Å². The predicted octanol–water partition coefficient (Wildman–Crippen LogP) is 1.50. The first-order valence-corrected chi connectivity index (χ1v) is 8.92. The third kappa shape index (κ3) is 3.74. The fraction of sp³-hybridized carbons (Fsp3) is 0.500. The maximum atomic E-state index is 11.9. The summed E-state index contributed by atoms with van der Waals surface area (Å²) in [6.45, 7) is 7.62. The van der Waals surface area contributed by atoms with Gasteiger partial charge in [0.1, 0.15) is 17.5 Å². The number of nitrogens with zero attached hydrogens (tertiary/aromatic N) is 5. The normalized spacial score (nSPS) is 16.6. The molecule has 0 aliphatic carbocycles. The van der Waals surface area contributed by atoms with Crippen molar-refractivity contribution in [2.24, 2.45) is 0 Å². The van der Waals surface area contributed by atoms with Gasteiger partial charge in [-0.15, -0.1) is 0 Å². The van der Waals surface area contributed by atoms with Crippen LogP contribution in [0.3, 0.4) is 0 Å². The van der Waals surface area contributed by atoms with E-state index in [0.29, 0.717) is 0 Å². The molecule has 0 saturated carbocycles. The lowest BCUT2D eigenvalue weighted by atomic mass is 10.2. The van der Waals surface area contributed by atoms with Crippen molar-refractivity contribution < 1.29 is 4.79 Å². The summed E-state index contributed by atoms with van der Waals surface area (Å²) < 4.78 is 0. The largest absolute Gasteiger partial charge is 0.365 e. The smallest absolute Gasteiger partial charge is 0.288 e. The van der Waals surface area contributed by atoms with Gasteiger partial charge in [-0.1, -0.05) is 6.92 Å². The topological polar surface area (TPSA) is 95.9 Å². The molecule has 0 aromatic carbocycles. The van der Waals surface area contributed by atoms with E-state index in [1.54, 1.807) is 13.2 Å². The van der Waals surface area contributed by atoms with Gasteiger partial charge in [-0.2, -0.15) is 0 Å². The van der Waals surface area contributed by atoms with Crippen molar-refractivity contribution in [3.8, 4) is 0 Å². The first-order chi connectivity index (χ1) is 12.5. The molecule has 1 aliphatic rings. The van der Waals surface area contributed by atoms with Crippen LogP contribution in [0.5, 0.6) is 0 Å². The van der Waals surface area contributed by atoms with E-state index in [1.807, 2.05) is 26.8 Å². The number of carbonyl (C=O) groups excluding carboxylic acids is 1. The number of aryl methyl sites for hydroxylation is 2. The van der Waals surface area contributed by atoms with Gasteiger partial charge in [-0.25, -0.2) is 19.9 Å². The minimum Gasteiger partial charge on any atom is -0.365 e. The van der Waals surface area contributed by atoms with Gasteiger partial charge in [0.25, 0.3) is 5.91 Å². The number of hydrogen-bond acceptors (Lipinski definition) is 7. The summed E-state index contributed by atoms with van der Waals surface area (Å²) in [5, 5.41) is 6.07. The monoisotopic (exact) mass is 355 g/mol. The molecule has 2 N–H and O–H groups in total. The Morgan fingerprint density at radius 3 is 2.85 bits per heavy atom. The Morgan fingerprint density at radius 2 is 2.12 bits per heavy atom. The lowest BCUT2D eigenvalue weighted by Crippen LogP contribution is -2.29. The number of rotatable bonds is 5. The summed E-state index contributed by atoms with van der Waals surface area (Å²) in [4.78, 5) is 31.7. The molecule has 2 aromatic heterocycles. The van der Waals surface area contributed by atoms with E-state index >= 15 is 0 Å². The highest BCUT2D eigenvalue weighted by Crippen LogP contribution is 2.25. The molecule has 0 radical (unpaired) electrons. The molecule has 1 saturated heterocycles. The number of anilines is 2. The molecule has 2 aromatic rings. The van der Waals surface area contributed by atoms with Crippen molar-refractivity contribution in [1.82, 2.24) is 25.3 Å². The fourth-order valence-corrected chi connectivity index (χ4v) is 3.06. The van der Waals surface area contributed by atoms with E-state index in [0.717, 1.165) is 54.6 Å². The van der Waals surface area contributed by atoms with E-state index < -0.39 is 0 Å². The van der Waals surface area contributed by atoms with Crippen LogP contribution in [-0.2, 0) is 6.42 Å². The van der Waals surface area contributed by atoms with Gasteiger partial charge >= 0.3 is 0 Å². The average molecular weight is 355 g/mol. The highest BCUT2D eigenvalue weighted by molar-refractivity contribution is 5.90. The summed E-state index contributed by atoms with van der Waals surface area (Å²) in [6, 6.07) is 2.17. The predicted molar refractivity (Wildman–Crippen MR) is 101 cm³/mol. The standard InChI is InChI=1S/C18H25N7O/c1-5-14-20-8-6-15(23-14)22-13-7-9-25(10-13)17-11(2)12(3)21-16(24-17)18(26)19-4/h6,8,13H,5,7,9-10H2,1-4H3,(H,19,26)(H,20,22,23)/t13-/m1/s1. The summed E-state index contributed by atoms with van der Waals surface area (Å²) in [5.41, 5.74) is 1.84. The van der Waals surface area contributed by atoms with Crippen LogP contribution in [0.4, 0.5) is 11.6 Å². The zero-order valence-electron chi connectivity index (χ0n) is 15.7. The molecule has 1 aliphatic heterocycles. The van der Waals surface area contributed by atoms with Gasteiger partial charge in [-0.3, -0.25) is 4.79 Å². The van der Waals surface area contributed by atoms with Crippen molar-refractivity contribution in [3.05, 3.63) is 35.2 Å². The molecule has 1 atom stereocenters. The highest BCUT2D eigenvalue weighted by Gasteiger charge is 2.26. The lowest BCUT2D eigenvalue weighted by molar-refractivity contribution is 0.0952. The van der Waals surface area contributed by atoms with Crippen molar-refractivity contribution in [2.45, 2.75) is 39.7 Å². The van der Waals surface area contributed by atoms with Crippen molar-refractivity contribution in [2.75, 3.05) is 30.4 Å². The Labute approximate surface area is 153 Å². The molecule has 3 heterocycles. The molecule has 0 bridgehead atoms. The minimum absolute atomic E-state index is 0.213. The molecule has 3 rings (SSSR count). The first kappa shape index (κ1) is 18.0. The molecule has 138 valence electrons. The van der Waals surface area contributed by atoms with E-state index in [9.17, 15) is 4.79 Å². The number of amides is 1. The molecule has 0 unspecified atom stereocenters. The molecule has 8 nitrogen and oxygen atoms in total. The quantitative estimate of drug-likeness (QED) is 0.839. The third-order valence-corrected chi connectivity index (χ3v) is 4.66. The second-order valence-electron chi connectivity index (χ2n) is 6.45. The van der Waals surface area contributed by atoms with Gasteiger partial charge in [0, 0.05) is 50.1 Å². The second kappa shape index (κ2) is 7.63. The van der Waals surface area contributed by atoms with Crippen LogP contribution in [0.2, 0.25) is 0 Å². The van der Waals surface area contributed by atoms with Crippen molar-refractivity contribution in [1.29, 1.82) is 0 Å². The van der Waals surface area contributed by atoms with Gasteiger partial charge in [0.15, 0.2) is 0 Å². The Hall–Kier alpha value is -2.77. The number of nitrogens with one attached hydrogen (secondary N) is 2. The molecule has 1 amide bonds. The van der Waals surface area contributed by atoms with Crippen molar-refractivity contribution in [3.63, 3.8) is 0 Å². The van der Waals surface area contributed by atoms with E-state index in [2.05, 4.69) is 35.5 Å². The Morgan fingerprint density at radius 1 is 1.31 bits per heavy atom. The molecular weight excluding hydrogens is 330 g/mol. The van der Waals surface area contributed by atoms with Crippen LogP contribution < -0.4 is 15.5 Å². The van der Waals surface area contributed by atoms with Crippen LogP contribution in [0.25, 0.3) is 0 Å². The molecule has 8 heteroatoms. The fourth-order valence-electron chi connectivity index (χ4n) is 3.06. The molecule has 1 fully saturated rings. The molecule has 0 spiro atoms. The lowest BCUT2D eigenvalue weighted by Gasteiger charge is -2.21. The van der Waals surface area contributed by atoms with Crippen LogP contribution in [0, 0.1) is 13.8 Å². The van der Waals surface area contributed by atoms with Gasteiger partial charge in [0.2, 0.25) is 5.82 Å². The van der Waals surface area contributed by atoms with E-state index in [1.165, 1.54) is 0 Å². The Kier molecular flexibility index (Phi) is 5.29. The maximum Gasteiger partial charge on any atom is 0.288 e. The van der Waals surface area contributed by atoms with Crippen LogP contribution >= 0.6 is 0 Å². The number of carbonyl (C=O) groups is 1. The average Bonchev–Trinajstić information content (AvgIpc) is 3.11. The Bertz CT molecular complexity index is 808. The first-order valence-electron chi connectivity index (χ1n) is 8.92. The number of hydrogen-bond donors (Lipinski definition) is 2. The van der Waals surface area contributed by atoms with E-state index in [4.69, 9.17) is 0 Å². The highest BCUT2D eigenvalue weighted by atomic mass is 16.2. The maximum absolute atomic E-state index is 11.9. The van der Waals surface area contributed by atoms with Crippen LogP contribution in [-0.4, -0.2) is 52.0 Å².